The van der Waals surface area contributed by atoms with Gasteiger partial charge in [-0.25, -0.2) is 0 Å². The lowest BCUT2D eigenvalue weighted by molar-refractivity contribution is 0.232. The number of anilines is 1. The average Bonchev–Trinajstić information content (AvgIpc) is 2.51. The van der Waals surface area contributed by atoms with Crippen molar-refractivity contribution in [1.29, 1.82) is 0 Å². The first-order valence-corrected chi connectivity index (χ1v) is 8.78. The molecule has 1 saturated carbocycles. The van der Waals surface area contributed by atoms with Crippen molar-refractivity contribution in [3.05, 3.63) is 23.8 Å². The molecule has 1 aromatic carbocycles. The minimum atomic E-state index is 0.490. The molecule has 1 aromatic rings. The smallest absolute Gasteiger partial charge is 0.161 e. The van der Waals surface area contributed by atoms with Crippen molar-refractivity contribution in [3.63, 3.8) is 0 Å². The van der Waals surface area contributed by atoms with Crippen molar-refractivity contribution in [1.82, 2.24) is 0 Å². The highest BCUT2D eigenvalue weighted by Gasteiger charge is 2.34. The molecule has 3 rings (SSSR count). The summed E-state index contributed by atoms with van der Waals surface area (Å²) in [6, 6.07) is 6.18. The lowest BCUT2D eigenvalue weighted by Crippen LogP contribution is -2.35. The van der Waals surface area contributed by atoms with Crippen LogP contribution in [0.3, 0.4) is 0 Å². The second-order valence-corrected chi connectivity index (χ2v) is 7.24. The van der Waals surface area contributed by atoms with E-state index in [1.807, 2.05) is 17.8 Å². The summed E-state index contributed by atoms with van der Waals surface area (Å²) < 4.78 is 5.30. The van der Waals surface area contributed by atoms with Crippen LogP contribution in [0, 0.1) is 12.3 Å². The van der Waals surface area contributed by atoms with E-state index in [0.29, 0.717) is 5.41 Å². The van der Waals surface area contributed by atoms with Crippen LogP contribution in [0.25, 0.3) is 0 Å². The molecule has 1 N–H and O–H groups in total. The van der Waals surface area contributed by atoms with Gasteiger partial charge in [0, 0.05) is 18.0 Å². The standard InChI is InChI=1S/C17H24N2OS/c1-13-10-14(6-7-15(13)20-2)19-16-18-11-17(12-21-16)8-4-3-5-9-17/h6-7,10H,3-5,8-9,11-12H2,1-2H3,(H,18,19). The van der Waals surface area contributed by atoms with Crippen molar-refractivity contribution in [2.24, 2.45) is 10.4 Å². The maximum atomic E-state index is 5.30. The van der Waals surface area contributed by atoms with Crippen molar-refractivity contribution < 1.29 is 4.74 Å². The summed E-state index contributed by atoms with van der Waals surface area (Å²) in [4.78, 5) is 4.81. The van der Waals surface area contributed by atoms with Gasteiger partial charge in [-0.3, -0.25) is 4.99 Å². The number of nitrogens with zero attached hydrogens (tertiary/aromatic N) is 1. The van der Waals surface area contributed by atoms with Crippen molar-refractivity contribution in [2.75, 3.05) is 24.7 Å². The summed E-state index contributed by atoms with van der Waals surface area (Å²) in [7, 11) is 1.71. The van der Waals surface area contributed by atoms with Gasteiger partial charge in [-0.05, 0) is 48.9 Å². The quantitative estimate of drug-likeness (QED) is 0.875. The normalized spacial score (nSPS) is 21.0. The number of methoxy groups -OCH3 is 1. The maximum Gasteiger partial charge on any atom is 0.161 e. The fourth-order valence-electron chi connectivity index (χ4n) is 3.31. The van der Waals surface area contributed by atoms with Gasteiger partial charge in [-0.15, -0.1) is 0 Å². The minimum absolute atomic E-state index is 0.490. The summed E-state index contributed by atoms with van der Waals surface area (Å²) in [5.41, 5.74) is 2.73. The van der Waals surface area contributed by atoms with E-state index in [-0.39, 0.29) is 0 Å². The van der Waals surface area contributed by atoms with Gasteiger partial charge < -0.3 is 10.1 Å². The monoisotopic (exact) mass is 304 g/mol. The van der Waals surface area contributed by atoms with Gasteiger partial charge in [0.2, 0.25) is 0 Å². The minimum Gasteiger partial charge on any atom is -0.496 e. The lowest BCUT2D eigenvalue weighted by atomic mass is 9.75. The van der Waals surface area contributed by atoms with E-state index in [0.717, 1.165) is 28.7 Å². The number of hydrogen-bond acceptors (Lipinski definition) is 4. The molecule has 1 spiro atoms. The third-order valence-corrected chi connectivity index (χ3v) is 5.89. The molecule has 4 heteroatoms. The van der Waals surface area contributed by atoms with Gasteiger partial charge in [0.05, 0.1) is 7.11 Å². The molecule has 0 saturated heterocycles. The second kappa shape index (κ2) is 6.30. The molecule has 0 bridgehead atoms. The molecule has 0 aromatic heterocycles. The van der Waals surface area contributed by atoms with E-state index >= 15 is 0 Å². The van der Waals surface area contributed by atoms with Crippen LogP contribution in [-0.4, -0.2) is 24.6 Å². The van der Waals surface area contributed by atoms with Crippen LogP contribution in [0.4, 0.5) is 5.69 Å². The molecular formula is C17H24N2OS. The topological polar surface area (TPSA) is 33.6 Å². The summed E-state index contributed by atoms with van der Waals surface area (Å²) in [5.74, 6) is 2.15. The number of rotatable bonds is 2. The maximum absolute atomic E-state index is 5.30. The largest absolute Gasteiger partial charge is 0.496 e. The molecule has 1 aliphatic carbocycles. The van der Waals surface area contributed by atoms with Crippen LogP contribution >= 0.6 is 11.8 Å². The summed E-state index contributed by atoms with van der Waals surface area (Å²) in [5, 5.41) is 4.52. The number of aliphatic imine (C=N–C) groups is 1. The first-order chi connectivity index (χ1) is 10.2. The van der Waals surface area contributed by atoms with Crippen LogP contribution in [0.15, 0.2) is 23.2 Å². The van der Waals surface area contributed by atoms with E-state index in [9.17, 15) is 0 Å². The molecule has 1 heterocycles. The number of amidine groups is 1. The number of nitrogens with one attached hydrogen (secondary N) is 1. The highest BCUT2D eigenvalue weighted by atomic mass is 32.2. The fraction of sp³-hybridized carbons (Fsp3) is 0.588. The van der Waals surface area contributed by atoms with Gasteiger partial charge in [-0.2, -0.15) is 0 Å². The Bertz CT molecular complexity index is 536. The summed E-state index contributed by atoms with van der Waals surface area (Å²) >= 11 is 1.89. The van der Waals surface area contributed by atoms with E-state index < -0.39 is 0 Å². The molecule has 0 amide bonds. The van der Waals surface area contributed by atoms with Gasteiger partial charge in [0.15, 0.2) is 5.17 Å². The molecule has 114 valence electrons. The number of thioether (sulfide) groups is 1. The average molecular weight is 304 g/mol. The number of benzene rings is 1. The van der Waals surface area contributed by atoms with Gasteiger partial charge in [-0.1, -0.05) is 31.0 Å². The zero-order valence-corrected chi connectivity index (χ0v) is 13.8. The van der Waals surface area contributed by atoms with Crippen molar-refractivity contribution >= 4 is 22.6 Å². The zero-order chi connectivity index (χ0) is 14.7. The molecule has 0 radical (unpaired) electrons. The van der Waals surface area contributed by atoms with E-state index in [4.69, 9.17) is 9.73 Å². The second-order valence-electron chi connectivity index (χ2n) is 6.28. The van der Waals surface area contributed by atoms with E-state index in [2.05, 4.69) is 24.4 Å². The predicted molar refractivity (Wildman–Crippen MR) is 91.6 cm³/mol. The lowest BCUT2D eigenvalue weighted by Gasteiger charge is -2.38. The first kappa shape index (κ1) is 14.8. The SMILES string of the molecule is COc1ccc(NC2=NCC3(CCCCC3)CS2)cc1C. The van der Waals surface area contributed by atoms with Crippen molar-refractivity contribution in [3.8, 4) is 5.75 Å². The molecule has 1 aliphatic heterocycles. The molecule has 3 nitrogen and oxygen atoms in total. The Kier molecular flexibility index (Phi) is 4.43. The Morgan fingerprint density at radius 2 is 2.05 bits per heavy atom. The number of hydrogen-bond donors (Lipinski definition) is 1. The Balaban J connectivity index is 1.65. The zero-order valence-electron chi connectivity index (χ0n) is 12.9. The fourth-order valence-corrected chi connectivity index (χ4v) is 4.48. The Labute approximate surface area is 131 Å². The van der Waals surface area contributed by atoms with Crippen LogP contribution in [0.5, 0.6) is 5.75 Å². The predicted octanol–water partition coefficient (Wildman–Crippen LogP) is 4.47. The Morgan fingerprint density at radius 1 is 1.24 bits per heavy atom. The summed E-state index contributed by atoms with van der Waals surface area (Å²) in [6.45, 7) is 3.06. The molecule has 0 atom stereocenters. The highest BCUT2D eigenvalue weighted by Crippen LogP contribution is 2.42. The van der Waals surface area contributed by atoms with E-state index in [1.165, 1.54) is 37.9 Å². The molecular weight excluding hydrogens is 280 g/mol. The Hall–Kier alpha value is -1.16. The molecule has 0 unspecified atom stereocenters. The summed E-state index contributed by atoms with van der Waals surface area (Å²) in [6.07, 6.45) is 6.90. The van der Waals surface area contributed by atoms with Crippen LogP contribution in [0.1, 0.15) is 37.7 Å². The van der Waals surface area contributed by atoms with Gasteiger partial charge in [0.1, 0.15) is 5.75 Å². The van der Waals surface area contributed by atoms with Crippen molar-refractivity contribution in [2.45, 2.75) is 39.0 Å². The molecule has 21 heavy (non-hydrogen) atoms. The van der Waals surface area contributed by atoms with Gasteiger partial charge >= 0.3 is 0 Å². The van der Waals surface area contributed by atoms with Crippen LogP contribution < -0.4 is 10.1 Å². The number of aryl methyl sites for hydroxylation is 1. The third-order valence-electron chi connectivity index (χ3n) is 4.63. The number of ether oxygens (including phenoxy) is 1. The highest BCUT2D eigenvalue weighted by molar-refractivity contribution is 8.14. The van der Waals surface area contributed by atoms with Crippen LogP contribution in [0.2, 0.25) is 0 Å². The van der Waals surface area contributed by atoms with Gasteiger partial charge in [0.25, 0.3) is 0 Å². The molecule has 2 aliphatic rings. The van der Waals surface area contributed by atoms with Crippen LogP contribution in [-0.2, 0) is 0 Å². The third kappa shape index (κ3) is 3.37. The molecule has 1 fully saturated rings. The first-order valence-electron chi connectivity index (χ1n) is 7.80. The Morgan fingerprint density at radius 3 is 2.67 bits per heavy atom. The van der Waals surface area contributed by atoms with E-state index in [1.54, 1.807) is 7.11 Å².